The van der Waals surface area contributed by atoms with Crippen LogP contribution in [0.25, 0.3) is 0 Å². The second-order valence-electron chi connectivity index (χ2n) is 3.98. The molecular weight excluding hydrogens is 228 g/mol. The lowest BCUT2D eigenvalue weighted by Crippen LogP contribution is -1.96. The molecule has 0 atom stereocenters. The number of benzene rings is 1. The van der Waals surface area contributed by atoms with E-state index in [2.05, 4.69) is 6.07 Å². The molecule has 3 heteroatoms. The maximum absolute atomic E-state index is 10.3. The number of carboxylic acid groups (broad SMARTS) is 1. The van der Waals surface area contributed by atoms with Gasteiger partial charge in [-0.3, -0.25) is 4.79 Å². The number of aliphatic carboxylic acids is 1. The van der Waals surface area contributed by atoms with E-state index in [4.69, 9.17) is 9.84 Å². The molecule has 98 valence electrons. The molecule has 0 aliphatic carbocycles. The molecule has 0 aliphatic heterocycles. The standard InChI is InChI=1S/C15H20O3/c1-2-18-14-11-8-7-10-13(14)9-5-3-4-6-12-15(16)17/h3-4,7-8,10-11H,2,5-6,9,12H2,1H3,(H,16,17). The molecule has 0 saturated heterocycles. The van der Waals surface area contributed by atoms with Crippen LogP contribution in [0.2, 0.25) is 0 Å². The molecule has 0 aromatic heterocycles. The quantitative estimate of drug-likeness (QED) is 0.717. The Morgan fingerprint density at radius 2 is 2.00 bits per heavy atom. The summed E-state index contributed by atoms with van der Waals surface area (Å²) in [5.74, 6) is 0.195. The van der Waals surface area contributed by atoms with E-state index in [0.29, 0.717) is 13.0 Å². The SMILES string of the molecule is CCOc1ccccc1CCC=CCCC(=O)O. The van der Waals surface area contributed by atoms with E-state index in [1.54, 1.807) is 0 Å². The zero-order valence-electron chi connectivity index (χ0n) is 10.8. The first-order valence-corrected chi connectivity index (χ1v) is 6.31. The Bertz CT molecular complexity index is 396. The van der Waals surface area contributed by atoms with Gasteiger partial charge < -0.3 is 9.84 Å². The van der Waals surface area contributed by atoms with Crippen LogP contribution in [0.4, 0.5) is 0 Å². The third-order valence-electron chi connectivity index (χ3n) is 2.54. The van der Waals surface area contributed by atoms with Crippen molar-refractivity contribution in [1.29, 1.82) is 0 Å². The molecule has 18 heavy (non-hydrogen) atoms. The van der Waals surface area contributed by atoms with Crippen LogP contribution in [0.3, 0.4) is 0 Å². The average molecular weight is 248 g/mol. The lowest BCUT2D eigenvalue weighted by Gasteiger charge is -2.08. The monoisotopic (exact) mass is 248 g/mol. The smallest absolute Gasteiger partial charge is 0.303 e. The van der Waals surface area contributed by atoms with Crippen molar-refractivity contribution in [2.24, 2.45) is 0 Å². The van der Waals surface area contributed by atoms with E-state index in [1.165, 1.54) is 5.56 Å². The third-order valence-corrected chi connectivity index (χ3v) is 2.54. The number of allylic oxidation sites excluding steroid dienone is 2. The predicted molar refractivity (Wildman–Crippen MR) is 71.9 cm³/mol. The van der Waals surface area contributed by atoms with Gasteiger partial charge in [0.05, 0.1) is 6.61 Å². The molecule has 0 heterocycles. The van der Waals surface area contributed by atoms with Gasteiger partial charge in [-0.1, -0.05) is 30.4 Å². The van der Waals surface area contributed by atoms with E-state index < -0.39 is 5.97 Å². The Morgan fingerprint density at radius 3 is 2.72 bits per heavy atom. The summed E-state index contributed by atoms with van der Waals surface area (Å²) in [7, 11) is 0. The summed E-state index contributed by atoms with van der Waals surface area (Å²) in [6.45, 7) is 2.65. The molecule has 0 amide bonds. The number of ether oxygens (including phenoxy) is 1. The van der Waals surface area contributed by atoms with E-state index in [-0.39, 0.29) is 6.42 Å². The fourth-order valence-electron chi connectivity index (χ4n) is 1.69. The van der Waals surface area contributed by atoms with Gasteiger partial charge in [0.2, 0.25) is 0 Å². The second kappa shape index (κ2) is 8.34. The largest absolute Gasteiger partial charge is 0.494 e. The van der Waals surface area contributed by atoms with Crippen LogP contribution >= 0.6 is 0 Å². The Balaban J connectivity index is 2.36. The van der Waals surface area contributed by atoms with Gasteiger partial charge in [0.1, 0.15) is 5.75 Å². The molecule has 0 unspecified atom stereocenters. The van der Waals surface area contributed by atoms with Crippen LogP contribution in [0, 0.1) is 0 Å². The highest BCUT2D eigenvalue weighted by Crippen LogP contribution is 2.19. The molecule has 1 aromatic carbocycles. The van der Waals surface area contributed by atoms with E-state index in [1.807, 2.05) is 37.3 Å². The van der Waals surface area contributed by atoms with Gasteiger partial charge in [-0.15, -0.1) is 0 Å². The van der Waals surface area contributed by atoms with Crippen LogP contribution in [0.1, 0.15) is 31.7 Å². The number of rotatable bonds is 8. The van der Waals surface area contributed by atoms with Crippen molar-refractivity contribution in [3.63, 3.8) is 0 Å². The fraction of sp³-hybridized carbons (Fsp3) is 0.400. The Labute approximate surface area is 108 Å². The minimum Gasteiger partial charge on any atom is -0.494 e. The zero-order chi connectivity index (χ0) is 13.2. The van der Waals surface area contributed by atoms with Crippen molar-refractivity contribution < 1.29 is 14.6 Å². The van der Waals surface area contributed by atoms with Gasteiger partial charge in [0.25, 0.3) is 0 Å². The number of hydrogen-bond acceptors (Lipinski definition) is 2. The van der Waals surface area contributed by atoms with Crippen molar-refractivity contribution in [2.75, 3.05) is 6.61 Å². The van der Waals surface area contributed by atoms with Crippen molar-refractivity contribution in [3.05, 3.63) is 42.0 Å². The topological polar surface area (TPSA) is 46.5 Å². The molecule has 0 spiro atoms. The highest BCUT2D eigenvalue weighted by Gasteiger charge is 2.00. The normalized spacial score (nSPS) is 10.7. The second-order valence-corrected chi connectivity index (χ2v) is 3.98. The third kappa shape index (κ3) is 5.53. The number of carboxylic acids is 1. The van der Waals surface area contributed by atoms with Crippen molar-refractivity contribution >= 4 is 5.97 Å². The minimum atomic E-state index is -0.749. The summed E-state index contributed by atoms with van der Waals surface area (Å²) in [4.78, 5) is 10.3. The first kappa shape index (κ1) is 14.3. The predicted octanol–water partition coefficient (Wildman–Crippen LogP) is 3.44. The first-order chi connectivity index (χ1) is 8.74. The molecule has 3 nitrogen and oxygen atoms in total. The van der Waals surface area contributed by atoms with Crippen LogP contribution < -0.4 is 4.74 Å². The zero-order valence-corrected chi connectivity index (χ0v) is 10.8. The summed E-state index contributed by atoms with van der Waals surface area (Å²) in [5.41, 5.74) is 1.20. The van der Waals surface area contributed by atoms with Gasteiger partial charge in [-0.25, -0.2) is 0 Å². The summed E-state index contributed by atoms with van der Waals surface area (Å²) in [5, 5.41) is 8.49. The van der Waals surface area contributed by atoms with Crippen molar-refractivity contribution in [3.8, 4) is 5.75 Å². The summed E-state index contributed by atoms with van der Waals surface area (Å²) < 4.78 is 5.54. The van der Waals surface area contributed by atoms with Crippen LogP contribution in [-0.2, 0) is 11.2 Å². The highest BCUT2D eigenvalue weighted by molar-refractivity contribution is 5.66. The lowest BCUT2D eigenvalue weighted by atomic mass is 10.1. The summed E-state index contributed by atoms with van der Waals surface area (Å²) in [6, 6.07) is 8.02. The van der Waals surface area contributed by atoms with Gasteiger partial charge in [-0.05, 0) is 37.8 Å². The van der Waals surface area contributed by atoms with Gasteiger partial charge >= 0.3 is 5.97 Å². The van der Waals surface area contributed by atoms with Crippen molar-refractivity contribution in [1.82, 2.24) is 0 Å². The van der Waals surface area contributed by atoms with Gasteiger partial charge in [-0.2, -0.15) is 0 Å². The van der Waals surface area contributed by atoms with Crippen molar-refractivity contribution in [2.45, 2.75) is 32.6 Å². The Hall–Kier alpha value is -1.77. The van der Waals surface area contributed by atoms with Gasteiger partial charge in [0, 0.05) is 6.42 Å². The average Bonchev–Trinajstić information content (AvgIpc) is 2.35. The van der Waals surface area contributed by atoms with E-state index in [0.717, 1.165) is 18.6 Å². The molecule has 0 aliphatic rings. The molecule has 0 saturated carbocycles. The fourth-order valence-corrected chi connectivity index (χ4v) is 1.69. The maximum Gasteiger partial charge on any atom is 0.303 e. The molecule has 1 N–H and O–H groups in total. The number of para-hydroxylation sites is 1. The van der Waals surface area contributed by atoms with Gasteiger partial charge in [0.15, 0.2) is 0 Å². The number of aryl methyl sites for hydroxylation is 1. The first-order valence-electron chi connectivity index (χ1n) is 6.31. The molecule has 1 rings (SSSR count). The van der Waals surface area contributed by atoms with E-state index in [9.17, 15) is 4.79 Å². The highest BCUT2D eigenvalue weighted by atomic mass is 16.5. The molecule has 0 bridgehead atoms. The van der Waals surface area contributed by atoms with Crippen LogP contribution in [0.15, 0.2) is 36.4 Å². The Morgan fingerprint density at radius 1 is 1.28 bits per heavy atom. The lowest BCUT2D eigenvalue weighted by molar-refractivity contribution is -0.136. The number of carbonyl (C=O) groups is 1. The molecule has 0 radical (unpaired) electrons. The molecular formula is C15H20O3. The van der Waals surface area contributed by atoms with E-state index >= 15 is 0 Å². The van der Waals surface area contributed by atoms with Crippen LogP contribution in [-0.4, -0.2) is 17.7 Å². The maximum atomic E-state index is 10.3. The van der Waals surface area contributed by atoms with Crippen LogP contribution in [0.5, 0.6) is 5.75 Å². The molecule has 0 fully saturated rings. The molecule has 1 aromatic rings. The number of hydrogen-bond donors (Lipinski definition) is 1. The Kier molecular flexibility index (Phi) is 6.62. The summed E-state index contributed by atoms with van der Waals surface area (Å²) in [6.07, 6.45) is 6.58. The summed E-state index contributed by atoms with van der Waals surface area (Å²) >= 11 is 0. The minimum absolute atomic E-state index is 0.200.